The zero-order valence-electron chi connectivity index (χ0n) is 32.2. The highest BCUT2D eigenvalue weighted by atomic mass is 35.5. The van der Waals surface area contributed by atoms with Gasteiger partial charge in [-0.1, -0.05) is 92.7 Å². The van der Waals surface area contributed by atoms with Crippen LogP contribution in [0.5, 0.6) is 0 Å². The number of carboxylic acids is 2. The smallest absolute Gasteiger partial charge is 0.335 e. The summed E-state index contributed by atoms with van der Waals surface area (Å²) in [4.78, 5) is 55.7. The first-order valence-corrected chi connectivity index (χ1v) is 19.7. The molecule has 5 N–H and O–H groups in total. The summed E-state index contributed by atoms with van der Waals surface area (Å²) in [6, 6.07) is 22.2. The number of nitrogens with zero attached hydrogens (tertiary/aromatic N) is 5. The lowest BCUT2D eigenvalue weighted by molar-refractivity contribution is -0.165. The maximum Gasteiger partial charge on any atom is 0.335 e. The Morgan fingerprint density at radius 1 is 0.879 bits per heavy atom. The van der Waals surface area contributed by atoms with Crippen LogP contribution in [0.1, 0.15) is 48.9 Å². The molecule has 0 bridgehead atoms. The van der Waals surface area contributed by atoms with E-state index < -0.39 is 24.1 Å². The van der Waals surface area contributed by atoms with Crippen molar-refractivity contribution >= 4 is 41.2 Å². The number of H-pyrrole nitrogens is 1. The van der Waals surface area contributed by atoms with Gasteiger partial charge in [-0.3, -0.25) is 14.7 Å². The molecule has 0 fully saturated rings. The SMILES string of the molecule is CCN(CC)CCN(Cc1ccc(-c2ccc(Cl)cc2)cc1)C(=O)Cn1cc(C(C)c2cn[nH]c2)c(=O)nc1SCc1ccc(F)cc1.O=C(O)C(O)C(O)C(=O)O. The van der Waals surface area contributed by atoms with Crippen LogP contribution in [0.15, 0.2) is 101 Å². The van der Waals surface area contributed by atoms with Gasteiger partial charge < -0.3 is 34.8 Å². The third kappa shape index (κ3) is 13.1. The molecule has 0 aliphatic heterocycles. The Balaban J connectivity index is 0.000000657. The molecule has 17 heteroatoms. The molecule has 5 rings (SSSR count). The quantitative estimate of drug-likeness (QED) is 0.0577. The summed E-state index contributed by atoms with van der Waals surface area (Å²) in [6.07, 6.45) is 0.657. The van der Waals surface area contributed by atoms with E-state index in [0.29, 0.717) is 34.6 Å². The van der Waals surface area contributed by atoms with Gasteiger partial charge in [-0.05, 0) is 65.2 Å². The molecule has 3 atom stereocenters. The summed E-state index contributed by atoms with van der Waals surface area (Å²) in [5.74, 6) is -3.75. The van der Waals surface area contributed by atoms with Crippen LogP contribution in [0.25, 0.3) is 11.1 Å². The molecule has 0 saturated heterocycles. The van der Waals surface area contributed by atoms with Gasteiger partial charge in [-0.15, -0.1) is 0 Å². The number of thioether (sulfide) groups is 1. The fourth-order valence-corrected chi connectivity index (χ4v) is 6.74. The lowest BCUT2D eigenvalue weighted by Gasteiger charge is -2.27. The highest BCUT2D eigenvalue weighted by molar-refractivity contribution is 7.98. The van der Waals surface area contributed by atoms with Crippen LogP contribution in [0.3, 0.4) is 0 Å². The average Bonchev–Trinajstić information content (AvgIpc) is 3.77. The maximum absolute atomic E-state index is 14.2. The number of likely N-dealkylation sites (N-methyl/N-ethyl adjacent to an activating group) is 1. The zero-order valence-corrected chi connectivity index (χ0v) is 33.7. The number of aliphatic carboxylic acids is 2. The van der Waals surface area contributed by atoms with Gasteiger partial charge in [0.05, 0.1) is 6.20 Å². The number of hydrogen-bond donors (Lipinski definition) is 5. The molecular weight excluding hydrogens is 791 g/mol. The highest BCUT2D eigenvalue weighted by Gasteiger charge is 2.29. The fraction of sp³-hybridized carbons (Fsp3) is 0.317. The van der Waals surface area contributed by atoms with Gasteiger partial charge in [-0.2, -0.15) is 10.1 Å². The van der Waals surface area contributed by atoms with Crippen LogP contribution in [-0.4, -0.2) is 106 Å². The summed E-state index contributed by atoms with van der Waals surface area (Å²) in [5.41, 5.74) is 5.00. The summed E-state index contributed by atoms with van der Waals surface area (Å²) in [7, 11) is 0. The molecule has 3 aromatic carbocycles. The number of carbonyl (C=O) groups is 3. The third-order valence-electron chi connectivity index (χ3n) is 9.30. The number of aliphatic hydroxyl groups is 2. The summed E-state index contributed by atoms with van der Waals surface area (Å²) in [5, 5.41) is 40.5. The third-order valence-corrected chi connectivity index (χ3v) is 10.6. The highest BCUT2D eigenvalue weighted by Crippen LogP contribution is 2.26. The largest absolute Gasteiger partial charge is 0.479 e. The Morgan fingerprint density at radius 3 is 1.98 bits per heavy atom. The van der Waals surface area contributed by atoms with Gasteiger partial charge in [0.2, 0.25) is 5.91 Å². The average molecular weight is 837 g/mol. The van der Waals surface area contributed by atoms with E-state index in [1.807, 2.05) is 36.1 Å². The molecule has 3 unspecified atom stereocenters. The van der Waals surface area contributed by atoms with E-state index in [9.17, 15) is 23.6 Å². The van der Waals surface area contributed by atoms with Gasteiger partial charge in [0.25, 0.3) is 5.56 Å². The van der Waals surface area contributed by atoms with Crippen LogP contribution in [0, 0.1) is 5.82 Å². The Bertz CT molecular complexity index is 2130. The molecule has 0 saturated carbocycles. The van der Waals surface area contributed by atoms with Gasteiger partial charge >= 0.3 is 11.9 Å². The van der Waals surface area contributed by atoms with Crippen LogP contribution in [0.2, 0.25) is 5.02 Å². The van der Waals surface area contributed by atoms with E-state index in [1.54, 1.807) is 35.3 Å². The predicted octanol–water partition coefficient (Wildman–Crippen LogP) is 5.12. The number of aromatic nitrogens is 4. The number of hydrogen-bond acceptors (Lipinski definition) is 10. The minimum Gasteiger partial charge on any atom is -0.479 e. The van der Waals surface area contributed by atoms with Crippen LogP contribution in [0.4, 0.5) is 4.39 Å². The van der Waals surface area contributed by atoms with E-state index >= 15 is 0 Å². The Kier molecular flexibility index (Phi) is 17.1. The molecule has 58 heavy (non-hydrogen) atoms. The second-order valence-electron chi connectivity index (χ2n) is 13.2. The number of aliphatic hydroxyl groups excluding tert-OH is 2. The lowest BCUT2D eigenvalue weighted by Crippen LogP contribution is -2.40. The first-order valence-electron chi connectivity index (χ1n) is 18.3. The number of amides is 1. The number of carbonyl (C=O) groups excluding carboxylic acids is 1. The second kappa shape index (κ2) is 21.9. The summed E-state index contributed by atoms with van der Waals surface area (Å²) in [6.45, 7) is 9.65. The Morgan fingerprint density at radius 2 is 1.45 bits per heavy atom. The van der Waals surface area contributed by atoms with Crippen LogP contribution >= 0.6 is 23.4 Å². The summed E-state index contributed by atoms with van der Waals surface area (Å²) < 4.78 is 15.3. The second-order valence-corrected chi connectivity index (χ2v) is 14.6. The minimum absolute atomic E-state index is 0.00520. The van der Waals surface area contributed by atoms with Crippen molar-refractivity contribution in [3.05, 3.63) is 135 Å². The van der Waals surface area contributed by atoms with Gasteiger partial charge in [0.1, 0.15) is 12.4 Å². The normalized spacial score (nSPS) is 12.6. The summed E-state index contributed by atoms with van der Waals surface area (Å²) >= 11 is 7.42. The number of carboxylic acid groups (broad SMARTS) is 2. The predicted molar refractivity (Wildman–Crippen MR) is 218 cm³/mol. The Hall–Kier alpha value is -5.39. The van der Waals surface area contributed by atoms with Crippen molar-refractivity contribution in [3.8, 4) is 11.1 Å². The van der Waals surface area contributed by atoms with Crippen molar-refractivity contribution in [1.82, 2.24) is 29.5 Å². The molecule has 5 aromatic rings. The zero-order chi connectivity index (χ0) is 42.4. The molecule has 0 spiro atoms. The van der Waals surface area contributed by atoms with E-state index in [2.05, 4.69) is 58.2 Å². The topological polar surface area (TPSA) is 202 Å². The molecule has 2 heterocycles. The molecule has 0 radical (unpaired) electrons. The standard InChI is InChI=1S/C37H40ClFN6O2S.C4H6O6/c1-4-43(5-2)18-19-44(22-27-6-10-29(11-7-27)30-12-14-32(38)15-13-30)35(46)24-45-23-34(26(3)31-20-40-41-21-31)36(47)42-37(45)48-25-28-8-16-33(39)17-9-28;5-1(3(7)8)2(6)4(9)10/h6-17,20-21,23,26H,4-5,18-19,22,24-25H2,1-3H3,(H,40,41);1-2,5-6H,(H,7,8)(H,9,10). The van der Waals surface area contributed by atoms with Crippen LogP contribution in [-0.2, 0) is 33.2 Å². The number of nitrogens with one attached hydrogen (secondary N) is 1. The van der Waals surface area contributed by atoms with Crippen molar-refractivity contribution < 1.29 is 39.2 Å². The maximum atomic E-state index is 14.2. The van der Waals surface area contributed by atoms with Crippen molar-refractivity contribution in [3.63, 3.8) is 0 Å². The Labute approximate surface area is 343 Å². The van der Waals surface area contributed by atoms with Gasteiger partial charge in [-0.25, -0.2) is 14.0 Å². The molecule has 308 valence electrons. The van der Waals surface area contributed by atoms with E-state index in [0.717, 1.165) is 47.5 Å². The van der Waals surface area contributed by atoms with Crippen molar-refractivity contribution in [1.29, 1.82) is 0 Å². The van der Waals surface area contributed by atoms with E-state index in [4.69, 9.17) is 32.0 Å². The number of benzene rings is 3. The minimum atomic E-state index is -2.27. The van der Waals surface area contributed by atoms with Gasteiger partial charge in [0, 0.05) is 54.3 Å². The van der Waals surface area contributed by atoms with Gasteiger partial charge in [0.15, 0.2) is 17.4 Å². The fourth-order valence-electron chi connectivity index (χ4n) is 5.70. The molecule has 0 aliphatic rings. The number of halogens is 2. The van der Waals surface area contributed by atoms with Crippen LogP contribution < -0.4 is 5.56 Å². The number of rotatable bonds is 18. The van der Waals surface area contributed by atoms with Crippen molar-refractivity contribution in [2.75, 3.05) is 26.2 Å². The van der Waals surface area contributed by atoms with Crippen molar-refractivity contribution in [2.24, 2.45) is 0 Å². The lowest BCUT2D eigenvalue weighted by atomic mass is 9.98. The van der Waals surface area contributed by atoms with E-state index in [-0.39, 0.29) is 29.7 Å². The molecular formula is C41H46ClFN6O8S. The monoisotopic (exact) mass is 836 g/mol. The van der Waals surface area contributed by atoms with E-state index in [1.165, 1.54) is 23.9 Å². The number of aromatic amines is 1. The molecule has 14 nitrogen and oxygen atoms in total. The molecule has 2 aromatic heterocycles. The molecule has 1 amide bonds. The first-order chi connectivity index (χ1) is 27.7. The van der Waals surface area contributed by atoms with Crippen molar-refractivity contribution in [2.45, 2.75) is 62.9 Å². The molecule has 0 aliphatic carbocycles. The first kappa shape index (κ1) is 45.3.